The summed E-state index contributed by atoms with van der Waals surface area (Å²) in [6.07, 6.45) is 10.9. The van der Waals surface area contributed by atoms with Crippen molar-refractivity contribution >= 4 is 17.6 Å². The molecule has 0 atom stereocenters. The van der Waals surface area contributed by atoms with Crippen LogP contribution in [-0.4, -0.2) is 11.6 Å². The lowest BCUT2D eigenvalue weighted by Crippen LogP contribution is -2.02. The molecule has 1 aromatic rings. The molecule has 0 aliphatic carbocycles. The minimum atomic E-state index is -0.241. The minimum absolute atomic E-state index is 0.141. The van der Waals surface area contributed by atoms with E-state index in [1.54, 1.807) is 30.4 Å². The van der Waals surface area contributed by atoms with Crippen LogP contribution in [-0.2, 0) is 9.59 Å². The molecule has 2 heteroatoms. The fourth-order valence-electron chi connectivity index (χ4n) is 1.56. The number of allylic oxidation sites excluding steroid dienone is 7. The van der Waals surface area contributed by atoms with E-state index in [0.717, 1.165) is 11.1 Å². The minimum Gasteiger partial charge on any atom is -0.294 e. The van der Waals surface area contributed by atoms with Gasteiger partial charge in [0.15, 0.2) is 11.6 Å². The molecule has 0 radical (unpaired) electrons. The van der Waals surface area contributed by atoms with E-state index in [-0.39, 0.29) is 18.0 Å². The Balaban J connectivity index is 2.55. The van der Waals surface area contributed by atoms with Gasteiger partial charge in [-0.25, -0.2) is 0 Å². The molecule has 106 valence electrons. The molecule has 0 aliphatic rings. The lowest BCUT2D eigenvalue weighted by atomic mass is 10.1. The summed E-state index contributed by atoms with van der Waals surface area (Å²) >= 11 is 0. The predicted molar refractivity (Wildman–Crippen MR) is 87.7 cm³/mol. The van der Waals surface area contributed by atoms with Crippen molar-refractivity contribution in [3.63, 3.8) is 0 Å². The van der Waals surface area contributed by atoms with Gasteiger partial charge in [-0.3, -0.25) is 9.59 Å². The van der Waals surface area contributed by atoms with Gasteiger partial charge < -0.3 is 0 Å². The van der Waals surface area contributed by atoms with Gasteiger partial charge in [0, 0.05) is 0 Å². The topological polar surface area (TPSA) is 34.1 Å². The highest BCUT2D eigenvalue weighted by Gasteiger charge is 2.03. The van der Waals surface area contributed by atoms with Crippen LogP contribution in [0.25, 0.3) is 6.08 Å². The third-order valence-electron chi connectivity index (χ3n) is 2.62. The number of ketones is 2. The number of hydrogen-bond donors (Lipinski definition) is 0. The first kappa shape index (κ1) is 16.3. The lowest BCUT2D eigenvalue weighted by Gasteiger charge is -1.93. The van der Waals surface area contributed by atoms with Crippen LogP contribution < -0.4 is 0 Å². The summed E-state index contributed by atoms with van der Waals surface area (Å²) in [6.45, 7) is 7.20. The van der Waals surface area contributed by atoms with Crippen molar-refractivity contribution in [2.24, 2.45) is 0 Å². The van der Waals surface area contributed by atoms with Gasteiger partial charge >= 0.3 is 0 Å². The molecule has 0 saturated carbocycles. The second-order valence-electron chi connectivity index (χ2n) is 4.29. The maximum Gasteiger partial charge on any atom is 0.163 e. The molecule has 0 amide bonds. The predicted octanol–water partition coefficient (Wildman–Crippen LogP) is 4.08. The monoisotopic (exact) mass is 278 g/mol. The second kappa shape index (κ2) is 9.21. The van der Waals surface area contributed by atoms with Gasteiger partial charge in [-0.1, -0.05) is 73.9 Å². The third kappa shape index (κ3) is 6.83. The van der Waals surface area contributed by atoms with E-state index in [1.165, 1.54) is 12.2 Å². The van der Waals surface area contributed by atoms with Gasteiger partial charge in [0.25, 0.3) is 0 Å². The second-order valence-corrected chi connectivity index (χ2v) is 4.29. The first-order chi connectivity index (χ1) is 10.2. The molecule has 0 N–H and O–H groups in total. The molecular weight excluding hydrogens is 260 g/mol. The van der Waals surface area contributed by atoms with Crippen LogP contribution >= 0.6 is 0 Å². The van der Waals surface area contributed by atoms with E-state index in [9.17, 15) is 9.59 Å². The van der Waals surface area contributed by atoms with Gasteiger partial charge in [-0.2, -0.15) is 0 Å². The summed E-state index contributed by atoms with van der Waals surface area (Å²) in [7, 11) is 0. The van der Waals surface area contributed by atoms with Crippen LogP contribution in [0.4, 0.5) is 0 Å². The Morgan fingerprint density at radius 2 is 1.62 bits per heavy atom. The fourth-order valence-corrected chi connectivity index (χ4v) is 1.56. The van der Waals surface area contributed by atoms with Crippen LogP contribution in [0.3, 0.4) is 0 Å². The molecule has 2 nitrogen and oxygen atoms in total. The zero-order valence-electron chi connectivity index (χ0n) is 11.9. The molecule has 1 rings (SSSR count). The Labute approximate surface area is 125 Å². The van der Waals surface area contributed by atoms with Crippen LogP contribution in [0.15, 0.2) is 85.5 Å². The number of carbonyl (C=O) groups is 2. The van der Waals surface area contributed by atoms with Crippen LogP contribution in [0.1, 0.15) is 12.0 Å². The molecule has 1 aromatic carbocycles. The Morgan fingerprint density at radius 3 is 2.24 bits per heavy atom. The third-order valence-corrected chi connectivity index (χ3v) is 2.62. The van der Waals surface area contributed by atoms with E-state index in [4.69, 9.17) is 0 Å². The summed E-state index contributed by atoms with van der Waals surface area (Å²) in [5.74, 6) is -0.462. The average Bonchev–Trinajstić information content (AvgIpc) is 2.50. The van der Waals surface area contributed by atoms with E-state index < -0.39 is 0 Å². The van der Waals surface area contributed by atoms with E-state index in [0.29, 0.717) is 0 Å². The van der Waals surface area contributed by atoms with Crippen molar-refractivity contribution in [2.75, 3.05) is 0 Å². The molecule has 0 unspecified atom stereocenters. The molecule has 0 fully saturated rings. The quantitative estimate of drug-likeness (QED) is 0.408. The first-order valence-electron chi connectivity index (χ1n) is 6.57. The molecule has 0 saturated heterocycles. The molecular formula is C19H18O2. The van der Waals surface area contributed by atoms with Gasteiger partial charge in [-0.15, -0.1) is 0 Å². The fraction of sp³-hybridized carbons (Fsp3) is 0.0526. The van der Waals surface area contributed by atoms with Crippen molar-refractivity contribution in [1.29, 1.82) is 0 Å². The summed E-state index contributed by atoms with van der Waals surface area (Å²) in [6, 6.07) is 9.47. The van der Waals surface area contributed by atoms with Crippen molar-refractivity contribution in [2.45, 2.75) is 6.42 Å². The average molecular weight is 278 g/mol. The first-order valence-corrected chi connectivity index (χ1v) is 6.57. The van der Waals surface area contributed by atoms with Crippen LogP contribution in [0.2, 0.25) is 0 Å². The Hall–Kier alpha value is -2.74. The Kier molecular flexibility index (Phi) is 7.15. The van der Waals surface area contributed by atoms with E-state index >= 15 is 0 Å². The van der Waals surface area contributed by atoms with Crippen molar-refractivity contribution in [3.05, 3.63) is 91.1 Å². The van der Waals surface area contributed by atoms with E-state index in [2.05, 4.69) is 13.2 Å². The maximum absolute atomic E-state index is 11.7. The van der Waals surface area contributed by atoms with Gasteiger partial charge in [0.1, 0.15) is 0 Å². The number of hydrogen-bond acceptors (Lipinski definition) is 2. The summed E-state index contributed by atoms with van der Waals surface area (Å²) < 4.78 is 0. The van der Waals surface area contributed by atoms with Crippen molar-refractivity contribution in [1.82, 2.24) is 0 Å². The molecule has 0 aliphatic heterocycles. The number of carbonyl (C=O) groups excluding carboxylic acids is 2. The Bertz CT molecular complexity index is 602. The molecule has 0 aromatic heterocycles. The molecule has 0 heterocycles. The highest BCUT2D eigenvalue weighted by atomic mass is 16.1. The van der Waals surface area contributed by atoms with Crippen molar-refractivity contribution in [3.8, 4) is 0 Å². The zero-order chi connectivity index (χ0) is 15.5. The molecule has 0 spiro atoms. The molecule has 21 heavy (non-hydrogen) atoms. The van der Waals surface area contributed by atoms with Crippen LogP contribution in [0.5, 0.6) is 0 Å². The summed E-state index contributed by atoms with van der Waals surface area (Å²) in [5.41, 5.74) is 1.70. The normalized spacial score (nSPS) is 11.7. The zero-order valence-corrected chi connectivity index (χ0v) is 11.9. The van der Waals surface area contributed by atoms with Gasteiger partial charge in [-0.05, 0) is 23.3 Å². The highest BCUT2D eigenvalue weighted by Crippen LogP contribution is 2.03. The molecule has 0 bridgehead atoms. The summed E-state index contributed by atoms with van der Waals surface area (Å²) in [5, 5.41) is 0. The number of rotatable bonds is 8. The van der Waals surface area contributed by atoms with Gasteiger partial charge in [0.2, 0.25) is 0 Å². The summed E-state index contributed by atoms with van der Waals surface area (Å²) in [4.78, 5) is 23.3. The highest BCUT2D eigenvalue weighted by molar-refractivity contribution is 6.09. The number of benzene rings is 1. The maximum atomic E-state index is 11.7. The smallest absolute Gasteiger partial charge is 0.163 e. The largest absolute Gasteiger partial charge is 0.294 e. The van der Waals surface area contributed by atoms with Crippen molar-refractivity contribution < 1.29 is 9.59 Å². The van der Waals surface area contributed by atoms with Gasteiger partial charge in [0.05, 0.1) is 6.42 Å². The van der Waals surface area contributed by atoms with Crippen LogP contribution in [0, 0.1) is 0 Å². The Morgan fingerprint density at radius 1 is 0.952 bits per heavy atom. The van der Waals surface area contributed by atoms with E-state index in [1.807, 2.05) is 30.3 Å². The standard InChI is InChI=1S/C19H18O2/c1-3-8-16(4-2)11-13-18(20)15-19(21)14-12-17-9-6-5-7-10-17/h3-14H,1-2,15H2/b13-11+,14-12+,16-8+. The SMILES string of the molecule is C=C/C=C(C=C)/C=C/C(=O)CC(=O)/C=C/c1ccccc1. The lowest BCUT2D eigenvalue weighted by molar-refractivity contribution is -0.121.